The lowest BCUT2D eigenvalue weighted by atomic mass is 10.3. The van der Waals surface area contributed by atoms with Crippen LogP contribution < -0.4 is 15.0 Å². The molecular weight excluding hydrogens is 444 g/mol. The van der Waals surface area contributed by atoms with Crippen LogP contribution in [-0.2, 0) is 19.8 Å². The summed E-state index contributed by atoms with van der Waals surface area (Å²) >= 11 is 5.73. The van der Waals surface area contributed by atoms with Gasteiger partial charge in [-0.1, -0.05) is 11.6 Å². The summed E-state index contributed by atoms with van der Waals surface area (Å²) in [6.07, 6.45) is -3.41. The topological polar surface area (TPSA) is 85.2 Å². The van der Waals surface area contributed by atoms with E-state index >= 15 is 0 Å². The van der Waals surface area contributed by atoms with Gasteiger partial charge in [0.1, 0.15) is 5.82 Å². The van der Waals surface area contributed by atoms with Crippen molar-refractivity contribution in [2.75, 3.05) is 17.3 Å². The molecule has 0 aliphatic rings. The largest absolute Gasteiger partial charge is 0.481 e. The molecule has 0 aliphatic carbocycles. The van der Waals surface area contributed by atoms with Gasteiger partial charge in [0.25, 0.3) is 0 Å². The van der Waals surface area contributed by atoms with Crippen molar-refractivity contribution in [3.05, 3.63) is 59.0 Å². The molecule has 2 heterocycles. The van der Waals surface area contributed by atoms with Gasteiger partial charge in [-0.3, -0.25) is 4.90 Å². The van der Waals surface area contributed by atoms with E-state index in [1.165, 1.54) is 37.6 Å². The summed E-state index contributed by atoms with van der Waals surface area (Å²) in [5, 5.41) is 9.01. The Hall–Kier alpha value is -3.41. The lowest BCUT2D eigenvalue weighted by Crippen LogP contribution is -2.35. The van der Waals surface area contributed by atoms with E-state index in [0.717, 1.165) is 22.6 Å². The molecule has 0 aliphatic heterocycles. The molecule has 2 aromatic heterocycles. The Morgan fingerprint density at radius 3 is 2.55 bits per heavy atom. The highest BCUT2D eigenvalue weighted by atomic mass is 35.5. The van der Waals surface area contributed by atoms with Gasteiger partial charge in [0.2, 0.25) is 11.7 Å². The Kier molecular flexibility index (Phi) is 6.29. The fourth-order valence-corrected chi connectivity index (χ4v) is 2.77. The first-order chi connectivity index (χ1) is 14.6. The molecule has 164 valence electrons. The molecule has 1 N–H and O–H groups in total. The smallest absolute Gasteiger partial charge is 0.451 e. The number of carbonyl (C=O) groups is 1. The molecule has 1 aromatic carbocycles. The third-order valence-corrected chi connectivity index (χ3v) is 4.47. The number of nitrogens with one attached hydrogen (secondary N) is 1. The van der Waals surface area contributed by atoms with Gasteiger partial charge in [-0.05, 0) is 24.3 Å². The summed E-state index contributed by atoms with van der Waals surface area (Å²) in [6, 6.07) is 5.77. The number of halogens is 5. The predicted molar refractivity (Wildman–Crippen MR) is 103 cm³/mol. The van der Waals surface area contributed by atoms with Crippen LogP contribution in [0.15, 0.2) is 36.5 Å². The molecule has 0 radical (unpaired) electrons. The average Bonchev–Trinajstić information content (AvgIpc) is 3.09. The first-order valence-electron chi connectivity index (χ1n) is 8.59. The molecule has 0 atom stereocenters. The van der Waals surface area contributed by atoms with Gasteiger partial charge < -0.3 is 14.6 Å². The van der Waals surface area contributed by atoms with Crippen molar-refractivity contribution < 1.29 is 27.1 Å². The van der Waals surface area contributed by atoms with Gasteiger partial charge in [0.05, 0.1) is 30.6 Å². The fraction of sp³-hybridized carbons (Fsp3) is 0.222. The Morgan fingerprint density at radius 1 is 1.26 bits per heavy atom. The third kappa shape index (κ3) is 5.02. The minimum Gasteiger partial charge on any atom is -0.481 e. The van der Waals surface area contributed by atoms with Crippen molar-refractivity contribution in [3.63, 3.8) is 0 Å². The van der Waals surface area contributed by atoms with Crippen LogP contribution in [0.25, 0.3) is 0 Å². The molecule has 0 fully saturated rings. The van der Waals surface area contributed by atoms with E-state index in [1.807, 2.05) is 0 Å². The van der Waals surface area contributed by atoms with E-state index in [2.05, 4.69) is 20.5 Å². The van der Waals surface area contributed by atoms with Crippen LogP contribution >= 0.6 is 11.6 Å². The monoisotopic (exact) mass is 458 g/mol. The molecule has 2 amide bonds. The number of carbonyl (C=O) groups excluding carboxylic acids is 1. The number of benzene rings is 1. The van der Waals surface area contributed by atoms with Crippen LogP contribution in [0.3, 0.4) is 0 Å². The number of nitrogens with zero attached hydrogens (tertiary/aromatic N) is 5. The van der Waals surface area contributed by atoms with E-state index in [0.29, 0.717) is 0 Å². The SMILES string of the molecule is COc1ccc(N(Cc2nnc(C(F)(F)F)n2C)C(=O)Nc2ccc(F)c(Cl)c2)cn1. The maximum atomic E-state index is 13.4. The number of aromatic nitrogens is 4. The van der Waals surface area contributed by atoms with Crippen molar-refractivity contribution in [1.82, 2.24) is 19.7 Å². The van der Waals surface area contributed by atoms with Crippen LogP contribution in [0.5, 0.6) is 5.88 Å². The molecule has 13 heteroatoms. The number of alkyl halides is 3. The summed E-state index contributed by atoms with van der Waals surface area (Å²) in [5.41, 5.74) is 0.417. The third-order valence-electron chi connectivity index (χ3n) is 4.18. The molecule has 3 aromatic rings. The first-order valence-corrected chi connectivity index (χ1v) is 8.97. The zero-order valence-electron chi connectivity index (χ0n) is 16.1. The van der Waals surface area contributed by atoms with Gasteiger partial charge in [-0.15, -0.1) is 10.2 Å². The number of anilines is 2. The lowest BCUT2D eigenvalue weighted by Gasteiger charge is -2.23. The Morgan fingerprint density at radius 2 is 2.00 bits per heavy atom. The quantitative estimate of drug-likeness (QED) is 0.577. The van der Waals surface area contributed by atoms with Crippen molar-refractivity contribution >= 4 is 29.0 Å². The maximum Gasteiger partial charge on any atom is 0.451 e. The molecule has 8 nitrogen and oxygen atoms in total. The molecule has 0 unspecified atom stereocenters. The fourth-order valence-electron chi connectivity index (χ4n) is 2.59. The number of urea groups is 1. The number of amides is 2. The van der Waals surface area contributed by atoms with Crippen LogP contribution in [0.1, 0.15) is 11.6 Å². The number of ether oxygens (including phenoxy) is 1. The molecule has 0 bridgehead atoms. The summed E-state index contributed by atoms with van der Waals surface area (Å²) in [4.78, 5) is 18.0. The summed E-state index contributed by atoms with van der Waals surface area (Å²) in [5.74, 6) is -1.74. The van der Waals surface area contributed by atoms with Gasteiger partial charge >= 0.3 is 12.2 Å². The Balaban J connectivity index is 1.93. The van der Waals surface area contributed by atoms with E-state index < -0.39 is 23.8 Å². The highest BCUT2D eigenvalue weighted by Crippen LogP contribution is 2.28. The molecule has 3 rings (SSSR count). The zero-order valence-corrected chi connectivity index (χ0v) is 16.9. The number of hydrogen-bond acceptors (Lipinski definition) is 5. The van der Waals surface area contributed by atoms with Gasteiger partial charge in [0, 0.05) is 18.8 Å². The number of hydrogen-bond donors (Lipinski definition) is 1. The Bertz CT molecular complexity index is 1090. The lowest BCUT2D eigenvalue weighted by molar-refractivity contribution is -0.147. The van der Waals surface area contributed by atoms with Crippen molar-refractivity contribution in [1.29, 1.82) is 0 Å². The Labute approximate surface area is 178 Å². The zero-order chi connectivity index (χ0) is 22.8. The van der Waals surface area contributed by atoms with Crippen molar-refractivity contribution in [2.45, 2.75) is 12.7 Å². The van der Waals surface area contributed by atoms with Crippen LogP contribution in [0.4, 0.5) is 33.7 Å². The minimum atomic E-state index is -4.71. The average molecular weight is 459 g/mol. The summed E-state index contributed by atoms with van der Waals surface area (Å²) < 4.78 is 58.2. The highest BCUT2D eigenvalue weighted by molar-refractivity contribution is 6.31. The predicted octanol–water partition coefficient (Wildman–Crippen LogP) is 4.27. The number of rotatable bonds is 5. The maximum absolute atomic E-state index is 13.4. The summed E-state index contributed by atoms with van der Waals surface area (Å²) in [7, 11) is 2.54. The normalized spacial score (nSPS) is 11.3. The number of methoxy groups -OCH3 is 1. The highest BCUT2D eigenvalue weighted by Gasteiger charge is 2.37. The molecule has 0 saturated heterocycles. The van der Waals surface area contributed by atoms with E-state index in [1.54, 1.807) is 0 Å². The van der Waals surface area contributed by atoms with E-state index in [9.17, 15) is 22.4 Å². The van der Waals surface area contributed by atoms with Crippen molar-refractivity contribution in [2.24, 2.45) is 7.05 Å². The molecular formula is C18H15ClF4N6O2. The minimum absolute atomic E-state index is 0.129. The molecule has 0 saturated carbocycles. The standard InChI is InChI=1S/C18H15ClF4N6O2/c1-28-14(26-27-16(28)18(21,22)23)9-29(11-4-6-15(31-2)24-8-11)17(30)25-10-3-5-13(20)12(19)7-10/h3-8H,9H2,1-2H3,(H,25,30). The van der Waals surface area contributed by atoms with Crippen molar-refractivity contribution in [3.8, 4) is 5.88 Å². The second-order valence-corrected chi connectivity index (χ2v) is 6.61. The van der Waals surface area contributed by atoms with E-state index in [-0.39, 0.29) is 34.6 Å². The van der Waals surface area contributed by atoms with Gasteiger partial charge in [-0.25, -0.2) is 14.2 Å². The molecule has 31 heavy (non-hydrogen) atoms. The van der Waals surface area contributed by atoms with Crippen LogP contribution in [0.2, 0.25) is 5.02 Å². The van der Waals surface area contributed by atoms with Gasteiger partial charge in [-0.2, -0.15) is 13.2 Å². The summed E-state index contributed by atoms with van der Waals surface area (Å²) in [6.45, 7) is -0.367. The second kappa shape index (κ2) is 8.76. The second-order valence-electron chi connectivity index (χ2n) is 6.20. The van der Waals surface area contributed by atoms with E-state index in [4.69, 9.17) is 16.3 Å². The first kappa shape index (κ1) is 22.3. The number of pyridine rings is 1. The molecule has 0 spiro atoms. The van der Waals surface area contributed by atoms with Gasteiger partial charge in [0.15, 0.2) is 5.82 Å². The van der Waals surface area contributed by atoms with Crippen LogP contribution in [0, 0.1) is 5.82 Å². The van der Waals surface area contributed by atoms with Crippen LogP contribution in [-0.4, -0.2) is 32.9 Å².